The van der Waals surface area contributed by atoms with Gasteiger partial charge in [-0.3, -0.25) is 19.8 Å². The normalized spacial score (nSPS) is 12.4. The van der Waals surface area contributed by atoms with Crippen molar-refractivity contribution in [2.45, 2.75) is 59.4 Å². The summed E-state index contributed by atoms with van der Waals surface area (Å²) < 4.78 is 0. The minimum Gasteiger partial charge on any atom is -0.481 e. The molecule has 142 valence electrons. The molecule has 0 saturated heterocycles. The Bertz CT molecular complexity index is 542. The van der Waals surface area contributed by atoms with Crippen LogP contribution in [0.1, 0.15) is 53.4 Å². The molecule has 0 bridgehead atoms. The molecule has 1 atom stereocenters. The van der Waals surface area contributed by atoms with E-state index in [2.05, 4.69) is 19.2 Å². The highest BCUT2D eigenvalue weighted by Crippen LogP contribution is 2.28. The summed E-state index contributed by atoms with van der Waals surface area (Å²) in [4.78, 5) is 45.5. The van der Waals surface area contributed by atoms with Crippen molar-refractivity contribution in [1.82, 2.24) is 10.6 Å². The summed E-state index contributed by atoms with van der Waals surface area (Å²) in [5, 5.41) is 28.6. The maximum Gasteiger partial charge on any atom is 0.371 e. The van der Waals surface area contributed by atoms with Gasteiger partial charge in [0.1, 0.15) is 6.04 Å². The topological polar surface area (TPSA) is 157 Å². The van der Waals surface area contributed by atoms with E-state index in [1.54, 1.807) is 5.32 Å². The molecule has 0 heterocycles. The van der Waals surface area contributed by atoms with Crippen molar-refractivity contribution in [2.75, 3.05) is 0 Å². The molecule has 0 aromatic rings. The van der Waals surface area contributed by atoms with E-state index in [0.29, 0.717) is 5.92 Å². The van der Waals surface area contributed by atoms with Gasteiger partial charge in [0.25, 0.3) is 0 Å². The Morgan fingerprint density at radius 2 is 1.68 bits per heavy atom. The van der Waals surface area contributed by atoms with Gasteiger partial charge in [0, 0.05) is 6.42 Å². The highest BCUT2D eigenvalue weighted by Gasteiger charge is 2.28. The van der Waals surface area contributed by atoms with Gasteiger partial charge in [-0.2, -0.15) is 0 Å². The van der Waals surface area contributed by atoms with E-state index in [0.717, 1.165) is 12.8 Å². The third-order valence-electron chi connectivity index (χ3n) is 3.53. The number of rotatable bonds is 9. The lowest BCUT2D eigenvalue weighted by atomic mass is 9.82. The number of nitrogens with one attached hydrogen (secondary N) is 3. The Morgan fingerprint density at radius 3 is 2.12 bits per heavy atom. The summed E-state index contributed by atoms with van der Waals surface area (Å²) in [5.41, 5.74) is -0.327. The number of amides is 2. The molecule has 25 heavy (non-hydrogen) atoms. The van der Waals surface area contributed by atoms with Crippen molar-refractivity contribution in [2.24, 2.45) is 11.3 Å². The van der Waals surface area contributed by atoms with Crippen LogP contribution in [0.4, 0.5) is 0 Å². The number of aliphatic carboxylic acids is 2. The van der Waals surface area contributed by atoms with Crippen LogP contribution in [-0.4, -0.2) is 45.8 Å². The van der Waals surface area contributed by atoms with Crippen LogP contribution in [0.15, 0.2) is 0 Å². The SMILES string of the molecule is CC(C)CCC(C)(C)CC(=O)N[C@@H](CC(=O)O)C(=O)NC(=N)C(=O)O. The number of amidine groups is 1. The lowest BCUT2D eigenvalue weighted by Crippen LogP contribution is -2.51. The zero-order chi connectivity index (χ0) is 19.8. The number of carboxylic acid groups (broad SMARTS) is 2. The van der Waals surface area contributed by atoms with E-state index in [1.807, 2.05) is 13.8 Å². The fraction of sp³-hybridized carbons (Fsp3) is 0.688. The summed E-state index contributed by atoms with van der Waals surface area (Å²) in [6.07, 6.45) is 1.10. The Labute approximate surface area is 146 Å². The third-order valence-corrected chi connectivity index (χ3v) is 3.53. The highest BCUT2D eigenvalue weighted by molar-refractivity contribution is 6.36. The number of carbonyl (C=O) groups excluding carboxylic acids is 2. The van der Waals surface area contributed by atoms with Crippen LogP contribution in [0.5, 0.6) is 0 Å². The minimum absolute atomic E-state index is 0.0967. The average Bonchev–Trinajstić information content (AvgIpc) is 2.43. The van der Waals surface area contributed by atoms with Crippen molar-refractivity contribution in [3.05, 3.63) is 0 Å². The summed E-state index contributed by atoms with van der Waals surface area (Å²) in [5.74, 6) is -5.16. The first-order valence-corrected chi connectivity index (χ1v) is 7.98. The second kappa shape index (κ2) is 9.75. The van der Waals surface area contributed by atoms with Crippen molar-refractivity contribution in [3.8, 4) is 0 Å². The van der Waals surface area contributed by atoms with Crippen LogP contribution in [0.2, 0.25) is 0 Å². The Morgan fingerprint density at radius 1 is 1.12 bits per heavy atom. The molecule has 0 spiro atoms. The van der Waals surface area contributed by atoms with E-state index in [9.17, 15) is 19.2 Å². The molecule has 9 nitrogen and oxygen atoms in total. The molecular formula is C16H27N3O6. The van der Waals surface area contributed by atoms with E-state index in [1.165, 1.54) is 0 Å². The quantitative estimate of drug-likeness (QED) is 0.306. The van der Waals surface area contributed by atoms with Gasteiger partial charge >= 0.3 is 11.9 Å². The zero-order valence-electron chi connectivity index (χ0n) is 15.0. The minimum atomic E-state index is -1.66. The van der Waals surface area contributed by atoms with Crippen molar-refractivity contribution >= 4 is 29.6 Å². The molecule has 0 aromatic heterocycles. The van der Waals surface area contributed by atoms with Gasteiger partial charge in [0.15, 0.2) is 0 Å². The van der Waals surface area contributed by atoms with Crippen molar-refractivity contribution < 1.29 is 29.4 Å². The molecule has 0 saturated carbocycles. The maximum atomic E-state index is 12.2. The van der Waals surface area contributed by atoms with E-state index in [-0.39, 0.29) is 11.8 Å². The number of carboxylic acids is 2. The van der Waals surface area contributed by atoms with E-state index < -0.39 is 42.1 Å². The fourth-order valence-corrected chi connectivity index (χ4v) is 2.10. The largest absolute Gasteiger partial charge is 0.481 e. The molecule has 0 aliphatic carbocycles. The molecule has 0 aromatic carbocycles. The Kier molecular flexibility index (Phi) is 8.80. The highest BCUT2D eigenvalue weighted by atomic mass is 16.4. The molecule has 0 rings (SSSR count). The summed E-state index contributed by atoms with van der Waals surface area (Å²) >= 11 is 0. The van der Waals surface area contributed by atoms with Crippen molar-refractivity contribution in [1.29, 1.82) is 5.41 Å². The van der Waals surface area contributed by atoms with Gasteiger partial charge < -0.3 is 20.8 Å². The van der Waals surface area contributed by atoms with Gasteiger partial charge in [-0.25, -0.2) is 4.79 Å². The fourth-order valence-electron chi connectivity index (χ4n) is 2.10. The first-order chi connectivity index (χ1) is 11.3. The van der Waals surface area contributed by atoms with Gasteiger partial charge in [0.2, 0.25) is 17.6 Å². The maximum absolute atomic E-state index is 12.2. The number of hydrogen-bond donors (Lipinski definition) is 5. The smallest absolute Gasteiger partial charge is 0.371 e. The predicted octanol–water partition coefficient (Wildman–Crippen LogP) is 0.976. The second-order valence-corrected chi connectivity index (χ2v) is 7.16. The molecule has 0 fully saturated rings. The molecule has 0 aliphatic rings. The molecule has 5 N–H and O–H groups in total. The third kappa shape index (κ3) is 10.1. The van der Waals surface area contributed by atoms with Gasteiger partial charge in [-0.15, -0.1) is 0 Å². The molecular weight excluding hydrogens is 330 g/mol. The average molecular weight is 357 g/mol. The summed E-state index contributed by atoms with van der Waals surface area (Å²) in [7, 11) is 0. The van der Waals surface area contributed by atoms with Gasteiger partial charge in [0.05, 0.1) is 6.42 Å². The van der Waals surface area contributed by atoms with Crippen LogP contribution in [-0.2, 0) is 19.2 Å². The van der Waals surface area contributed by atoms with E-state index >= 15 is 0 Å². The number of hydrogen-bond acceptors (Lipinski definition) is 5. The Balaban J connectivity index is 4.87. The van der Waals surface area contributed by atoms with Crippen LogP contribution in [0.25, 0.3) is 0 Å². The molecule has 9 heteroatoms. The monoisotopic (exact) mass is 357 g/mol. The van der Waals surface area contributed by atoms with E-state index in [4.69, 9.17) is 15.6 Å². The molecule has 0 aliphatic heterocycles. The summed E-state index contributed by atoms with van der Waals surface area (Å²) in [6.45, 7) is 7.95. The zero-order valence-corrected chi connectivity index (χ0v) is 15.0. The lowest BCUT2D eigenvalue weighted by Gasteiger charge is -2.26. The first kappa shape index (κ1) is 22.6. The first-order valence-electron chi connectivity index (χ1n) is 7.98. The molecule has 0 unspecified atom stereocenters. The second-order valence-electron chi connectivity index (χ2n) is 7.16. The van der Waals surface area contributed by atoms with Crippen LogP contribution >= 0.6 is 0 Å². The van der Waals surface area contributed by atoms with Crippen LogP contribution in [0.3, 0.4) is 0 Å². The number of carbonyl (C=O) groups is 4. The van der Waals surface area contributed by atoms with Crippen LogP contribution in [0, 0.1) is 16.7 Å². The molecule has 0 radical (unpaired) electrons. The molecule has 2 amide bonds. The van der Waals surface area contributed by atoms with Gasteiger partial charge in [-0.1, -0.05) is 34.1 Å². The van der Waals surface area contributed by atoms with Gasteiger partial charge in [-0.05, 0) is 17.8 Å². The Hall–Kier alpha value is -2.45. The predicted molar refractivity (Wildman–Crippen MR) is 90.2 cm³/mol. The lowest BCUT2D eigenvalue weighted by molar-refractivity contribution is -0.140. The summed E-state index contributed by atoms with van der Waals surface area (Å²) in [6, 6.07) is -1.45. The van der Waals surface area contributed by atoms with Crippen molar-refractivity contribution in [3.63, 3.8) is 0 Å². The van der Waals surface area contributed by atoms with Crippen LogP contribution < -0.4 is 10.6 Å². The standard InChI is InChI=1S/C16H27N3O6/c1-9(2)5-6-16(3,4)8-11(20)18-10(7-12(21)22)14(23)19-13(17)15(24)25/h9-10H,5-8H2,1-4H3,(H,18,20)(H,21,22)(H,24,25)(H2,17,19,23)/t10-/m0/s1.